The molecule has 0 aliphatic carbocycles. The third-order valence-corrected chi connectivity index (χ3v) is 6.59. The van der Waals surface area contributed by atoms with Crippen molar-refractivity contribution >= 4 is 16.8 Å². The molecule has 0 aliphatic rings. The quantitative estimate of drug-likeness (QED) is 0.446. The lowest BCUT2D eigenvalue weighted by Gasteiger charge is -2.15. The fraction of sp³-hybridized carbons (Fsp3) is 0.480. The van der Waals surface area contributed by atoms with Gasteiger partial charge in [0.2, 0.25) is 0 Å². The molecule has 0 amide bonds. The molecule has 0 N–H and O–H groups in total. The van der Waals surface area contributed by atoms with Gasteiger partial charge >= 0.3 is 5.69 Å². The van der Waals surface area contributed by atoms with Crippen LogP contribution in [0.15, 0.2) is 16.9 Å². The first-order valence-electron chi connectivity index (χ1n) is 11.3. The second kappa shape index (κ2) is 7.66. The van der Waals surface area contributed by atoms with E-state index in [2.05, 4.69) is 53.7 Å². The van der Waals surface area contributed by atoms with Gasteiger partial charge in [-0.1, -0.05) is 38.5 Å². The van der Waals surface area contributed by atoms with E-state index in [0.717, 1.165) is 53.0 Å². The summed E-state index contributed by atoms with van der Waals surface area (Å²) in [6.07, 6.45) is 2.54. The van der Waals surface area contributed by atoms with Crippen molar-refractivity contribution in [1.29, 1.82) is 0 Å². The predicted molar refractivity (Wildman–Crippen MR) is 127 cm³/mol. The van der Waals surface area contributed by atoms with Gasteiger partial charge in [0.25, 0.3) is 0 Å². The fourth-order valence-electron chi connectivity index (χ4n) is 5.18. The molecule has 0 radical (unpaired) electrons. The molecule has 1 aromatic carbocycles. The van der Waals surface area contributed by atoms with Gasteiger partial charge in [0.05, 0.1) is 17.0 Å². The summed E-state index contributed by atoms with van der Waals surface area (Å²) in [7, 11) is 1.85. The Hall–Kier alpha value is -2.89. The molecule has 3 aromatic heterocycles. The SMILES string of the molecule is CCc1nc2c(-c3c(C)cc(C)cc3C)c(C)nn2c2c1n(C)c(=O)n2C(CC)CC. The standard InChI is InChI=1S/C25H33N5O/c1-9-18(10-2)29-24-22(28(8)25(29)31)19(11-3)26-23-21(17(7)27-30(23)24)20-15(5)12-14(4)13-16(20)6/h12-13,18H,9-11H2,1-8H3. The highest BCUT2D eigenvalue weighted by molar-refractivity contribution is 5.88. The normalized spacial score (nSPS) is 12.0. The average Bonchev–Trinajstić information content (AvgIpc) is 3.17. The third kappa shape index (κ3) is 3.03. The van der Waals surface area contributed by atoms with Crippen LogP contribution < -0.4 is 5.69 Å². The van der Waals surface area contributed by atoms with Crippen molar-refractivity contribution in [2.75, 3.05) is 0 Å². The van der Waals surface area contributed by atoms with Crippen LogP contribution in [0.4, 0.5) is 0 Å². The van der Waals surface area contributed by atoms with Gasteiger partial charge in [-0.3, -0.25) is 9.13 Å². The van der Waals surface area contributed by atoms with Gasteiger partial charge in [-0.05, 0) is 63.6 Å². The van der Waals surface area contributed by atoms with Gasteiger partial charge < -0.3 is 0 Å². The van der Waals surface area contributed by atoms with Crippen molar-refractivity contribution in [3.8, 4) is 11.1 Å². The van der Waals surface area contributed by atoms with Crippen LogP contribution in [0.25, 0.3) is 27.9 Å². The Labute approximate surface area is 183 Å². The second-order valence-electron chi connectivity index (χ2n) is 8.74. The van der Waals surface area contributed by atoms with E-state index in [1.165, 1.54) is 22.3 Å². The van der Waals surface area contributed by atoms with E-state index < -0.39 is 0 Å². The summed E-state index contributed by atoms with van der Waals surface area (Å²) in [5.74, 6) is 0. The summed E-state index contributed by atoms with van der Waals surface area (Å²) < 4.78 is 5.60. The van der Waals surface area contributed by atoms with Crippen molar-refractivity contribution in [2.24, 2.45) is 7.05 Å². The molecule has 0 saturated carbocycles. The topological polar surface area (TPSA) is 57.1 Å². The highest BCUT2D eigenvalue weighted by atomic mass is 16.1. The summed E-state index contributed by atoms with van der Waals surface area (Å²) in [6.45, 7) is 14.8. The molecule has 31 heavy (non-hydrogen) atoms. The van der Waals surface area contributed by atoms with E-state index in [1.807, 2.05) is 23.1 Å². The van der Waals surface area contributed by atoms with Crippen molar-refractivity contribution in [3.63, 3.8) is 0 Å². The molecule has 0 bridgehead atoms. The first-order valence-corrected chi connectivity index (χ1v) is 11.3. The van der Waals surface area contributed by atoms with Crippen LogP contribution in [-0.2, 0) is 13.5 Å². The van der Waals surface area contributed by atoms with Gasteiger partial charge in [0, 0.05) is 13.1 Å². The molecule has 164 valence electrons. The van der Waals surface area contributed by atoms with Crippen LogP contribution in [0.1, 0.15) is 67.7 Å². The minimum atomic E-state index is 0.00472. The summed E-state index contributed by atoms with van der Waals surface area (Å²) in [4.78, 5) is 18.4. The minimum Gasteiger partial charge on any atom is -0.292 e. The molecule has 0 saturated heterocycles. The van der Waals surface area contributed by atoms with Crippen LogP contribution in [0, 0.1) is 27.7 Å². The summed E-state index contributed by atoms with van der Waals surface area (Å²) in [5.41, 5.74) is 10.4. The number of hydrogen-bond acceptors (Lipinski definition) is 3. The number of nitrogens with zero attached hydrogens (tertiary/aromatic N) is 5. The van der Waals surface area contributed by atoms with E-state index in [1.54, 1.807) is 4.57 Å². The molecule has 3 heterocycles. The molecule has 0 fully saturated rings. The maximum absolute atomic E-state index is 13.3. The Balaban J connectivity index is 2.23. The van der Waals surface area contributed by atoms with Gasteiger partial charge in [-0.15, -0.1) is 0 Å². The van der Waals surface area contributed by atoms with E-state index in [4.69, 9.17) is 10.1 Å². The van der Waals surface area contributed by atoms with E-state index >= 15 is 0 Å². The predicted octanol–water partition coefficient (Wildman–Crippen LogP) is 5.21. The molecule has 0 atom stereocenters. The van der Waals surface area contributed by atoms with Crippen LogP contribution in [0.3, 0.4) is 0 Å². The molecule has 4 rings (SSSR count). The van der Waals surface area contributed by atoms with Gasteiger partial charge in [-0.25, -0.2) is 9.78 Å². The molecule has 0 aliphatic heterocycles. The lowest BCUT2D eigenvalue weighted by molar-refractivity contribution is 0.461. The Kier molecular flexibility index (Phi) is 5.28. The van der Waals surface area contributed by atoms with Crippen LogP contribution >= 0.6 is 0 Å². The largest absolute Gasteiger partial charge is 0.330 e. The Morgan fingerprint density at radius 2 is 1.58 bits per heavy atom. The lowest BCUT2D eigenvalue weighted by atomic mass is 9.94. The highest BCUT2D eigenvalue weighted by Gasteiger charge is 2.26. The zero-order valence-electron chi connectivity index (χ0n) is 20.0. The number of imidazole rings is 1. The molecule has 6 nitrogen and oxygen atoms in total. The van der Waals surface area contributed by atoms with E-state index in [9.17, 15) is 4.79 Å². The second-order valence-corrected chi connectivity index (χ2v) is 8.74. The van der Waals surface area contributed by atoms with Crippen LogP contribution in [0.5, 0.6) is 0 Å². The molecular formula is C25H33N5O. The molecule has 6 heteroatoms. The monoisotopic (exact) mass is 419 g/mol. The minimum absolute atomic E-state index is 0.00472. The first-order chi connectivity index (χ1) is 14.7. The van der Waals surface area contributed by atoms with Gasteiger partial charge in [-0.2, -0.15) is 9.61 Å². The number of aryl methyl sites for hydroxylation is 6. The van der Waals surface area contributed by atoms with E-state index in [0.29, 0.717) is 0 Å². The third-order valence-electron chi connectivity index (χ3n) is 6.59. The van der Waals surface area contributed by atoms with Crippen LogP contribution in [0.2, 0.25) is 0 Å². The number of rotatable bonds is 5. The van der Waals surface area contributed by atoms with Gasteiger partial charge in [0.15, 0.2) is 11.3 Å². The summed E-state index contributed by atoms with van der Waals surface area (Å²) in [6, 6.07) is 4.56. The Morgan fingerprint density at radius 1 is 0.968 bits per heavy atom. The van der Waals surface area contributed by atoms with E-state index in [-0.39, 0.29) is 11.7 Å². The number of hydrogen-bond donors (Lipinski definition) is 0. The molecule has 4 aromatic rings. The number of fused-ring (bicyclic) bond motifs is 3. The maximum Gasteiger partial charge on any atom is 0.330 e. The molecule has 0 unspecified atom stereocenters. The summed E-state index contributed by atoms with van der Waals surface area (Å²) in [5, 5.41) is 4.94. The number of benzene rings is 1. The maximum atomic E-state index is 13.3. The van der Waals surface area contributed by atoms with Crippen molar-refractivity contribution < 1.29 is 0 Å². The van der Waals surface area contributed by atoms with Gasteiger partial charge in [0.1, 0.15) is 5.52 Å². The van der Waals surface area contributed by atoms with Crippen molar-refractivity contribution in [3.05, 3.63) is 50.7 Å². The van der Waals surface area contributed by atoms with Crippen molar-refractivity contribution in [1.82, 2.24) is 23.7 Å². The highest BCUT2D eigenvalue weighted by Crippen LogP contribution is 2.35. The zero-order valence-corrected chi connectivity index (χ0v) is 20.0. The zero-order chi connectivity index (χ0) is 22.6. The van der Waals surface area contributed by atoms with Crippen LogP contribution in [-0.4, -0.2) is 23.7 Å². The first kappa shape index (κ1) is 21.3. The molecular weight excluding hydrogens is 386 g/mol. The van der Waals surface area contributed by atoms with Crippen molar-refractivity contribution in [2.45, 2.75) is 73.8 Å². The smallest absolute Gasteiger partial charge is 0.292 e. The Morgan fingerprint density at radius 3 is 2.13 bits per heavy atom. The summed E-state index contributed by atoms with van der Waals surface area (Å²) >= 11 is 0. The average molecular weight is 420 g/mol. The Bertz CT molecular complexity index is 1340. The lowest BCUT2D eigenvalue weighted by Crippen LogP contribution is -2.26. The fourth-order valence-corrected chi connectivity index (χ4v) is 5.18. The molecule has 0 spiro atoms. The number of aromatic nitrogens is 5.